The lowest BCUT2D eigenvalue weighted by molar-refractivity contribution is 0.0944. The number of nitrogens with one attached hydrogen (secondary N) is 1. The molecule has 0 fully saturated rings. The first-order chi connectivity index (χ1) is 8.97. The molecular formula is C13H11Br2NO2S. The minimum atomic E-state index is -0.167. The van der Waals surface area contributed by atoms with E-state index in [9.17, 15) is 9.90 Å². The molecule has 0 aliphatic heterocycles. The van der Waals surface area contributed by atoms with Gasteiger partial charge in [0.1, 0.15) is 5.75 Å². The standard InChI is InChI=1S/C13H11Br2NO2S/c1-7(8-3-2-4-9(17)5-8)16-13(18)11-6-10(14)12(15)19-11/h2-7,17H,1H3,(H,16,18). The third kappa shape index (κ3) is 3.58. The number of benzene rings is 1. The number of phenols is 1. The van der Waals surface area contributed by atoms with Crippen LogP contribution in [0.2, 0.25) is 0 Å². The molecule has 1 aromatic heterocycles. The lowest BCUT2D eigenvalue weighted by atomic mass is 10.1. The lowest BCUT2D eigenvalue weighted by Crippen LogP contribution is -2.25. The molecule has 0 bridgehead atoms. The van der Waals surface area contributed by atoms with Gasteiger partial charge in [-0.05, 0) is 62.5 Å². The Bertz CT molecular complexity index is 593. The predicted octanol–water partition coefficient (Wildman–Crippen LogP) is 4.47. The van der Waals surface area contributed by atoms with Crippen LogP contribution in [-0.4, -0.2) is 11.0 Å². The van der Waals surface area contributed by atoms with Gasteiger partial charge in [-0.25, -0.2) is 0 Å². The molecule has 2 aromatic rings. The third-order valence-electron chi connectivity index (χ3n) is 2.59. The predicted molar refractivity (Wildman–Crippen MR) is 83.7 cm³/mol. The van der Waals surface area contributed by atoms with Crippen LogP contribution >= 0.6 is 43.2 Å². The van der Waals surface area contributed by atoms with Gasteiger partial charge in [0.2, 0.25) is 0 Å². The maximum atomic E-state index is 12.1. The summed E-state index contributed by atoms with van der Waals surface area (Å²) in [4.78, 5) is 12.7. The molecule has 1 atom stereocenters. The van der Waals surface area contributed by atoms with E-state index in [0.29, 0.717) is 4.88 Å². The largest absolute Gasteiger partial charge is 0.508 e. The summed E-state index contributed by atoms with van der Waals surface area (Å²) in [5.74, 6) is 0.0625. The SMILES string of the molecule is CC(NC(=O)c1cc(Br)c(Br)s1)c1cccc(O)c1. The summed E-state index contributed by atoms with van der Waals surface area (Å²) in [5, 5.41) is 12.3. The third-order valence-corrected chi connectivity index (χ3v) is 5.84. The van der Waals surface area contributed by atoms with Crippen LogP contribution in [0.15, 0.2) is 38.6 Å². The van der Waals surface area contributed by atoms with Crippen LogP contribution < -0.4 is 5.32 Å². The number of phenolic OH excluding ortho intramolecular Hbond substituents is 1. The van der Waals surface area contributed by atoms with E-state index < -0.39 is 0 Å². The Hall–Kier alpha value is -0.850. The Balaban J connectivity index is 2.10. The smallest absolute Gasteiger partial charge is 0.261 e. The molecule has 6 heteroatoms. The van der Waals surface area contributed by atoms with Gasteiger partial charge in [0.15, 0.2) is 0 Å². The number of aromatic hydroxyl groups is 1. The van der Waals surface area contributed by atoms with E-state index in [4.69, 9.17) is 0 Å². The molecule has 100 valence electrons. The van der Waals surface area contributed by atoms with Crippen LogP contribution in [0.5, 0.6) is 5.75 Å². The second-order valence-corrected chi connectivity index (χ2v) is 7.25. The number of thiophene rings is 1. The highest BCUT2D eigenvalue weighted by molar-refractivity contribution is 9.13. The van der Waals surface area contributed by atoms with Gasteiger partial charge in [-0.15, -0.1) is 11.3 Å². The number of carbonyl (C=O) groups is 1. The van der Waals surface area contributed by atoms with Crippen LogP contribution in [0.3, 0.4) is 0 Å². The molecule has 2 rings (SSSR count). The Kier molecular flexibility index (Phi) is 4.65. The average Bonchev–Trinajstić information content (AvgIpc) is 2.69. The number of halogens is 2. The Morgan fingerprint density at radius 2 is 2.11 bits per heavy atom. The maximum absolute atomic E-state index is 12.1. The molecule has 0 saturated heterocycles. The van der Waals surface area contributed by atoms with Crippen molar-refractivity contribution in [2.24, 2.45) is 0 Å². The van der Waals surface area contributed by atoms with Crippen molar-refractivity contribution in [3.05, 3.63) is 49.0 Å². The van der Waals surface area contributed by atoms with Crippen LogP contribution in [0.4, 0.5) is 0 Å². The zero-order valence-corrected chi connectivity index (χ0v) is 14.0. The summed E-state index contributed by atoms with van der Waals surface area (Å²) in [6, 6.07) is 8.48. The van der Waals surface area contributed by atoms with E-state index in [1.807, 2.05) is 13.0 Å². The van der Waals surface area contributed by atoms with Crippen LogP contribution in [0.1, 0.15) is 28.2 Å². The van der Waals surface area contributed by atoms with Crippen molar-refractivity contribution in [3.63, 3.8) is 0 Å². The van der Waals surface area contributed by atoms with Crippen molar-refractivity contribution in [3.8, 4) is 5.75 Å². The van der Waals surface area contributed by atoms with Gasteiger partial charge in [-0.1, -0.05) is 12.1 Å². The monoisotopic (exact) mass is 403 g/mol. The molecule has 1 heterocycles. The average molecular weight is 405 g/mol. The van der Waals surface area contributed by atoms with Crippen molar-refractivity contribution >= 4 is 49.1 Å². The molecule has 0 aliphatic rings. The second kappa shape index (κ2) is 6.07. The van der Waals surface area contributed by atoms with Gasteiger partial charge in [0.05, 0.1) is 14.7 Å². The number of hydrogen-bond donors (Lipinski definition) is 2. The highest BCUT2D eigenvalue weighted by Gasteiger charge is 2.15. The molecule has 1 amide bonds. The minimum absolute atomic E-state index is 0.132. The molecule has 1 aromatic carbocycles. The molecule has 3 nitrogen and oxygen atoms in total. The first-order valence-electron chi connectivity index (χ1n) is 5.52. The number of rotatable bonds is 3. The van der Waals surface area contributed by atoms with E-state index in [1.165, 1.54) is 11.3 Å². The minimum Gasteiger partial charge on any atom is -0.508 e. The Morgan fingerprint density at radius 3 is 2.68 bits per heavy atom. The molecule has 0 spiro atoms. The van der Waals surface area contributed by atoms with Gasteiger partial charge < -0.3 is 10.4 Å². The highest BCUT2D eigenvalue weighted by atomic mass is 79.9. The van der Waals surface area contributed by atoms with Crippen LogP contribution in [-0.2, 0) is 0 Å². The first kappa shape index (κ1) is 14.6. The normalized spacial score (nSPS) is 12.2. The Labute approximate surface area is 131 Å². The fraction of sp³-hybridized carbons (Fsp3) is 0.154. The number of hydrogen-bond acceptors (Lipinski definition) is 3. The summed E-state index contributed by atoms with van der Waals surface area (Å²) >= 11 is 8.09. The van der Waals surface area contributed by atoms with E-state index in [-0.39, 0.29) is 17.7 Å². The van der Waals surface area contributed by atoms with Crippen molar-refractivity contribution in [1.29, 1.82) is 0 Å². The zero-order valence-electron chi connectivity index (χ0n) is 9.98. The van der Waals surface area contributed by atoms with Gasteiger partial charge in [-0.3, -0.25) is 4.79 Å². The van der Waals surface area contributed by atoms with E-state index >= 15 is 0 Å². The second-order valence-electron chi connectivity index (χ2n) is 4.02. The fourth-order valence-corrected chi connectivity index (χ4v) is 3.54. The fourth-order valence-electron chi connectivity index (χ4n) is 1.60. The van der Waals surface area contributed by atoms with Gasteiger partial charge in [0.25, 0.3) is 5.91 Å². The number of carbonyl (C=O) groups excluding carboxylic acids is 1. The van der Waals surface area contributed by atoms with Crippen LogP contribution in [0.25, 0.3) is 0 Å². The summed E-state index contributed by atoms with van der Waals surface area (Å²) in [7, 11) is 0. The lowest BCUT2D eigenvalue weighted by Gasteiger charge is -2.13. The quantitative estimate of drug-likeness (QED) is 0.792. The van der Waals surface area contributed by atoms with Crippen LogP contribution in [0, 0.1) is 0 Å². The molecule has 0 aliphatic carbocycles. The molecule has 0 saturated carbocycles. The molecular weight excluding hydrogens is 394 g/mol. The summed E-state index contributed by atoms with van der Waals surface area (Å²) in [6.07, 6.45) is 0. The van der Waals surface area contributed by atoms with Gasteiger partial charge in [-0.2, -0.15) is 0 Å². The highest BCUT2D eigenvalue weighted by Crippen LogP contribution is 2.32. The summed E-state index contributed by atoms with van der Waals surface area (Å²) < 4.78 is 1.76. The van der Waals surface area contributed by atoms with Crippen molar-refractivity contribution < 1.29 is 9.90 Å². The van der Waals surface area contributed by atoms with Crippen molar-refractivity contribution in [2.75, 3.05) is 0 Å². The molecule has 1 unspecified atom stereocenters. The van der Waals surface area contributed by atoms with Gasteiger partial charge >= 0.3 is 0 Å². The van der Waals surface area contributed by atoms with Gasteiger partial charge in [0, 0.05) is 4.47 Å². The molecule has 0 radical (unpaired) electrons. The molecule has 19 heavy (non-hydrogen) atoms. The number of amides is 1. The summed E-state index contributed by atoms with van der Waals surface area (Å²) in [6.45, 7) is 1.88. The summed E-state index contributed by atoms with van der Waals surface area (Å²) in [5.41, 5.74) is 0.864. The van der Waals surface area contributed by atoms with Crippen molar-refractivity contribution in [1.82, 2.24) is 5.32 Å². The van der Waals surface area contributed by atoms with Crippen molar-refractivity contribution in [2.45, 2.75) is 13.0 Å². The molecule has 2 N–H and O–H groups in total. The van der Waals surface area contributed by atoms with E-state index in [0.717, 1.165) is 13.8 Å². The topological polar surface area (TPSA) is 49.3 Å². The Morgan fingerprint density at radius 1 is 1.37 bits per heavy atom. The first-order valence-corrected chi connectivity index (χ1v) is 7.92. The van der Waals surface area contributed by atoms with E-state index in [1.54, 1.807) is 24.3 Å². The maximum Gasteiger partial charge on any atom is 0.261 e. The van der Waals surface area contributed by atoms with E-state index in [2.05, 4.69) is 37.2 Å². The zero-order chi connectivity index (χ0) is 14.0.